The van der Waals surface area contributed by atoms with Crippen molar-refractivity contribution in [1.82, 2.24) is 0 Å². The maximum absolute atomic E-state index is 6.04. The normalized spacial score (nSPS) is 18.5. The van der Waals surface area contributed by atoms with Crippen molar-refractivity contribution in [2.75, 3.05) is 0 Å². The third-order valence-corrected chi connectivity index (χ3v) is 3.63. The minimum Gasteiger partial charge on any atom is -0.490 e. The number of hydrogen-bond donors (Lipinski definition) is 0. The van der Waals surface area contributed by atoms with Crippen LogP contribution in [0.5, 0.6) is 5.75 Å². The van der Waals surface area contributed by atoms with Gasteiger partial charge < -0.3 is 4.74 Å². The fourth-order valence-electron chi connectivity index (χ4n) is 2.56. The standard InChI is InChI=1S/C16H24O/c1-2-3-4-5-6-10-15-13-12-14-9-7-8-11-16(14)17-15/h7-9,11,15H,2-6,10,12-13H2,1H3/t15-/m0/s1. The van der Waals surface area contributed by atoms with Gasteiger partial charge in [0.1, 0.15) is 5.75 Å². The highest BCUT2D eigenvalue weighted by Gasteiger charge is 2.18. The van der Waals surface area contributed by atoms with E-state index in [1.165, 1.54) is 56.9 Å². The van der Waals surface area contributed by atoms with E-state index in [4.69, 9.17) is 4.74 Å². The molecule has 0 unspecified atom stereocenters. The van der Waals surface area contributed by atoms with Gasteiger partial charge in [-0.2, -0.15) is 0 Å². The largest absolute Gasteiger partial charge is 0.490 e. The predicted molar refractivity (Wildman–Crippen MR) is 72.6 cm³/mol. The first-order valence-corrected chi connectivity index (χ1v) is 7.14. The Hall–Kier alpha value is -0.980. The summed E-state index contributed by atoms with van der Waals surface area (Å²) < 4.78 is 6.04. The van der Waals surface area contributed by atoms with Crippen LogP contribution >= 0.6 is 0 Å². The molecule has 0 aliphatic carbocycles. The lowest BCUT2D eigenvalue weighted by Crippen LogP contribution is -2.22. The van der Waals surface area contributed by atoms with Gasteiger partial charge in [0.2, 0.25) is 0 Å². The summed E-state index contributed by atoms with van der Waals surface area (Å²) in [5.74, 6) is 1.12. The molecule has 1 nitrogen and oxygen atoms in total. The van der Waals surface area contributed by atoms with Gasteiger partial charge in [-0.3, -0.25) is 0 Å². The predicted octanol–water partition coefficient (Wildman–Crippen LogP) is 4.74. The molecule has 0 bridgehead atoms. The molecule has 1 aliphatic heterocycles. The first-order chi connectivity index (χ1) is 8.40. The van der Waals surface area contributed by atoms with E-state index in [-0.39, 0.29) is 0 Å². The number of rotatable bonds is 6. The number of benzene rings is 1. The van der Waals surface area contributed by atoms with Crippen molar-refractivity contribution in [3.63, 3.8) is 0 Å². The molecule has 17 heavy (non-hydrogen) atoms. The molecule has 0 radical (unpaired) electrons. The van der Waals surface area contributed by atoms with E-state index in [0.29, 0.717) is 6.10 Å². The quantitative estimate of drug-likeness (QED) is 0.644. The van der Waals surface area contributed by atoms with Gasteiger partial charge in [0.25, 0.3) is 0 Å². The van der Waals surface area contributed by atoms with Crippen molar-refractivity contribution in [2.24, 2.45) is 0 Å². The van der Waals surface area contributed by atoms with Crippen molar-refractivity contribution in [3.8, 4) is 5.75 Å². The van der Waals surface area contributed by atoms with Crippen LogP contribution in [0.1, 0.15) is 57.4 Å². The number of fused-ring (bicyclic) bond motifs is 1. The van der Waals surface area contributed by atoms with E-state index in [0.717, 1.165) is 5.75 Å². The number of unbranched alkanes of at least 4 members (excludes halogenated alkanes) is 4. The van der Waals surface area contributed by atoms with Gasteiger partial charge in [0.15, 0.2) is 0 Å². The average molecular weight is 232 g/mol. The average Bonchev–Trinajstić information content (AvgIpc) is 2.38. The zero-order valence-electron chi connectivity index (χ0n) is 11.0. The number of aryl methyl sites for hydroxylation is 1. The summed E-state index contributed by atoms with van der Waals surface area (Å²) in [5.41, 5.74) is 1.38. The highest BCUT2D eigenvalue weighted by molar-refractivity contribution is 5.35. The van der Waals surface area contributed by atoms with Crippen LogP contribution in [0, 0.1) is 0 Å². The summed E-state index contributed by atoms with van der Waals surface area (Å²) in [6.07, 6.45) is 10.9. The van der Waals surface area contributed by atoms with Crippen LogP contribution in [0.4, 0.5) is 0 Å². The van der Waals surface area contributed by atoms with E-state index < -0.39 is 0 Å². The monoisotopic (exact) mass is 232 g/mol. The molecule has 1 aliphatic rings. The van der Waals surface area contributed by atoms with E-state index in [9.17, 15) is 0 Å². The van der Waals surface area contributed by atoms with Crippen molar-refractivity contribution >= 4 is 0 Å². The highest BCUT2D eigenvalue weighted by atomic mass is 16.5. The van der Waals surface area contributed by atoms with Crippen molar-refractivity contribution in [1.29, 1.82) is 0 Å². The van der Waals surface area contributed by atoms with Gasteiger partial charge >= 0.3 is 0 Å². The maximum Gasteiger partial charge on any atom is 0.122 e. The van der Waals surface area contributed by atoms with Gasteiger partial charge in [-0.05, 0) is 37.3 Å². The topological polar surface area (TPSA) is 9.23 Å². The first kappa shape index (κ1) is 12.5. The molecule has 0 amide bonds. The molecule has 1 aromatic carbocycles. The Balaban J connectivity index is 1.71. The lowest BCUT2D eigenvalue weighted by Gasteiger charge is -2.26. The van der Waals surface area contributed by atoms with Crippen LogP contribution in [-0.4, -0.2) is 6.10 Å². The third-order valence-electron chi connectivity index (χ3n) is 3.63. The van der Waals surface area contributed by atoms with Crippen molar-refractivity contribution in [3.05, 3.63) is 29.8 Å². The van der Waals surface area contributed by atoms with E-state index >= 15 is 0 Å². The van der Waals surface area contributed by atoms with Gasteiger partial charge in [-0.1, -0.05) is 50.8 Å². The molecule has 1 heterocycles. The number of ether oxygens (including phenoxy) is 1. The van der Waals surface area contributed by atoms with Crippen LogP contribution in [0.15, 0.2) is 24.3 Å². The van der Waals surface area contributed by atoms with Gasteiger partial charge in [-0.15, -0.1) is 0 Å². The lowest BCUT2D eigenvalue weighted by atomic mass is 9.98. The molecule has 0 spiro atoms. The summed E-state index contributed by atoms with van der Waals surface area (Å²) in [6, 6.07) is 8.47. The molecular weight excluding hydrogens is 208 g/mol. The fraction of sp³-hybridized carbons (Fsp3) is 0.625. The Morgan fingerprint density at radius 3 is 2.82 bits per heavy atom. The summed E-state index contributed by atoms with van der Waals surface area (Å²) in [6.45, 7) is 2.27. The molecule has 0 saturated carbocycles. The van der Waals surface area contributed by atoms with E-state index in [1.54, 1.807) is 0 Å². The smallest absolute Gasteiger partial charge is 0.122 e. The third kappa shape index (κ3) is 3.76. The lowest BCUT2D eigenvalue weighted by molar-refractivity contribution is 0.160. The maximum atomic E-state index is 6.04. The molecule has 2 rings (SSSR count). The summed E-state index contributed by atoms with van der Waals surface area (Å²) in [4.78, 5) is 0. The molecule has 1 atom stereocenters. The molecule has 0 aromatic heterocycles. The Bertz CT molecular complexity index is 332. The van der Waals surface area contributed by atoms with Crippen LogP contribution in [0.25, 0.3) is 0 Å². The summed E-state index contributed by atoms with van der Waals surface area (Å²) in [7, 11) is 0. The van der Waals surface area contributed by atoms with Gasteiger partial charge in [0, 0.05) is 0 Å². The second-order valence-electron chi connectivity index (χ2n) is 5.09. The van der Waals surface area contributed by atoms with E-state index in [1.807, 2.05) is 0 Å². The highest BCUT2D eigenvalue weighted by Crippen LogP contribution is 2.28. The molecule has 1 aromatic rings. The Morgan fingerprint density at radius 1 is 1.12 bits per heavy atom. The second kappa shape index (κ2) is 6.68. The molecule has 1 heteroatoms. The molecular formula is C16H24O. The van der Waals surface area contributed by atoms with Crippen LogP contribution in [0.3, 0.4) is 0 Å². The van der Waals surface area contributed by atoms with E-state index in [2.05, 4.69) is 31.2 Å². The zero-order valence-corrected chi connectivity index (χ0v) is 11.0. The first-order valence-electron chi connectivity index (χ1n) is 7.14. The number of hydrogen-bond acceptors (Lipinski definition) is 1. The molecule has 94 valence electrons. The van der Waals surface area contributed by atoms with Crippen molar-refractivity contribution < 1.29 is 4.74 Å². The molecule has 0 fully saturated rings. The summed E-state index contributed by atoms with van der Waals surface area (Å²) >= 11 is 0. The fourth-order valence-corrected chi connectivity index (χ4v) is 2.56. The minimum atomic E-state index is 0.464. The van der Waals surface area contributed by atoms with Crippen molar-refractivity contribution in [2.45, 2.75) is 64.4 Å². The van der Waals surface area contributed by atoms with Gasteiger partial charge in [0.05, 0.1) is 6.10 Å². The van der Waals surface area contributed by atoms with Crippen LogP contribution in [-0.2, 0) is 6.42 Å². The van der Waals surface area contributed by atoms with Crippen LogP contribution in [0.2, 0.25) is 0 Å². The second-order valence-corrected chi connectivity index (χ2v) is 5.09. The number of para-hydroxylation sites is 1. The molecule has 0 saturated heterocycles. The van der Waals surface area contributed by atoms with Gasteiger partial charge in [-0.25, -0.2) is 0 Å². The van der Waals surface area contributed by atoms with Crippen LogP contribution < -0.4 is 4.74 Å². The minimum absolute atomic E-state index is 0.464. The SMILES string of the molecule is CCCCCCC[C@H]1CCc2ccccc2O1. The molecule has 0 N–H and O–H groups in total. The Labute approximate surface area is 105 Å². The Kier molecular flexibility index (Phi) is 4.90. The zero-order chi connectivity index (χ0) is 11.9. The summed E-state index contributed by atoms with van der Waals surface area (Å²) in [5, 5.41) is 0. The Morgan fingerprint density at radius 2 is 1.94 bits per heavy atom.